The molecule has 0 bridgehead atoms. The van der Waals surface area contributed by atoms with Gasteiger partial charge >= 0.3 is 6.61 Å². The molecule has 1 aromatic carbocycles. The number of nitrogens with one attached hydrogen (secondary N) is 1. The number of H-pyrrole nitrogens is 1. The maximum absolute atomic E-state index is 12.8. The van der Waals surface area contributed by atoms with Crippen LogP contribution >= 0.6 is 0 Å². The number of rotatable bonds is 10. The molecule has 28 heavy (non-hydrogen) atoms. The number of hydrogen-bond donors (Lipinski definition) is 1. The van der Waals surface area contributed by atoms with E-state index in [0.29, 0.717) is 23.7 Å². The standard InChI is InChI=1S/C19H21F2NO5S/c20-19(21)27-12-15-9-14(10-22-18(15)23)16-3-1-2-4-17(16)28(24,25)8-7-26-11-13-5-6-13/h1-4,9-10,13,19H,5-8,11-12H2,(H,22,23). The van der Waals surface area contributed by atoms with Crippen molar-refractivity contribution in [1.82, 2.24) is 4.98 Å². The molecule has 1 saturated carbocycles. The summed E-state index contributed by atoms with van der Waals surface area (Å²) >= 11 is 0. The van der Waals surface area contributed by atoms with Crippen LogP contribution < -0.4 is 5.56 Å². The molecular formula is C19H21F2NO5S. The summed E-state index contributed by atoms with van der Waals surface area (Å²) < 4.78 is 59.7. The molecule has 0 aliphatic heterocycles. The van der Waals surface area contributed by atoms with Crippen LogP contribution in [0.5, 0.6) is 0 Å². The van der Waals surface area contributed by atoms with Gasteiger partial charge in [0, 0.05) is 23.9 Å². The summed E-state index contributed by atoms with van der Waals surface area (Å²) in [5.41, 5.74) is 0.181. The van der Waals surface area contributed by atoms with Crippen molar-refractivity contribution >= 4 is 9.84 Å². The SMILES string of the molecule is O=c1[nH]cc(-c2ccccc2S(=O)(=O)CCOCC2CC2)cc1COC(F)F. The number of halogens is 2. The molecule has 0 unspecified atom stereocenters. The third-order valence-corrected chi connectivity index (χ3v) is 6.16. The third kappa shape index (κ3) is 5.46. The molecule has 9 heteroatoms. The lowest BCUT2D eigenvalue weighted by Gasteiger charge is -2.12. The van der Waals surface area contributed by atoms with Crippen molar-refractivity contribution in [2.75, 3.05) is 19.0 Å². The van der Waals surface area contributed by atoms with Gasteiger partial charge in [0.25, 0.3) is 5.56 Å². The highest BCUT2D eigenvalue weighted by Crippen LogP contribution is 2.30. The van der Waals surface area contributed by atoms with Gasteiger partial charge in [0.2, 0.25) is 0 Å². The molecular weight excluding hydrogens is 392 g/mol. The van der Waals surface area contributed by atoms with Crippen LogP contribution in [0.15, 0.2) is 46.2 Å². The van der Waals surface area contributed by atoms with Crippen molar-refractivity contribution < 1.29 is 26.7 Å². The summed E-state index contributed by atoms with van der Waals surface area (Å²) in [5, 5.41) is 0. The largest absolute Gasteiger partial charge is 0.380 e. The number of benzene rings is 1. The normalized spacial score (nSPS) is 14.5. The molecule has 1 N–H and O–H groups in total. The molecule has 0 spiro atoms. The van der Waals surface area contributed by atoms with Crippen LogP contribution in [0.4, 0.5) is 8.78 Å². The predicted octanol–water partition coefficient (Wildman–Crippen LogP) is 2.98. The second kappa shape index (κ2) is 8.93. The van der Waals surface area contributed by atoms with E-state index in [0.717, 1.165) is 12.8 Å². The number of aromatic nitrogens is 1. The van der Waals surface area contributed by atoms with Crippen LogP contribution in [0.25, 0.3) is 11.1 Å². The van der Waals surface area contributed by atoms with E-state index in [1.165, 1.54) is 18.3 Å². The Morgan fingerprint density at radius 1 is 1.21 bits per heavy atom. The highest BCUT2D eigenvalue weighted by atomic mass is 32.2. The van der Waals surface area contributed by atoms with Gasteiger partial charge in [0.1, 0.15) is 0 Å². The first-order valence-electron chi connectivity index (χ1n) is 8.88. The van der Waals surface area contributed by atoms with Crippen molar-refractivity contribution in [2.24, 2.45) is 5.92 Å². The first kappa shape index (κ1) is 20.6. The molecule has 3 rings (SSSR count). The Balaban J connectivity index is 1.82. The van der Waals surface area contributed by atoms with Crippen molar-refractivity contribution in [3.63, 3.8) is 0 Å². The summed E-state index contributed by atoms with van der Waals surface area (Å²) in [5.74, 6) is 0.381. The van der Waals surface area contributed by atoms with Crippen LogP contribution in [0.1, 0.15) is 18.4 Å². The topological polar surface area (TPSA) is 85.5 Å². The maximum Gasteiger partial charge on any atom is 0.345 e. The Morgan fingerprint density at radius 3 is 2.68 bits per heavy atom. The second-order valence-electron chi connectivity index (χ2n) is 6.65. The van der Waals surface area contributed by atoms with Crippen LogP contribution in [-0.2, 0) is 25.9 Å². The summed E-state index contributed by atoms with van der Waals surface area (Å²) in [7, 11) is -3.63. The van der Waals surface area contributed by atoms with E-state index in [1.807, 2.05) is 0 Å². The zero-order valence-corrected chi connectivity index (χ0v) is 15.9. The zero-order valence-electron chi connectivity index (χ0n) is 15.1. The molecule has 0 amide bonds. The Hall–Kier alpha value is -2.10. The fourth-order valence-electron chi connectivity index (χ4n) is 2.74. The van der Waals surface area contributed by atoms with Crippen molar-refractivity contribution in [2.45, 2.75) is 31.0 Å². The maximum atomic E-state index is 12.8. The van der Waals surface area contributed by atoms with Crippen LogP contribution in [0, 0.1) is 5.92 Å². The fourth-order valence-corrected chi connectivity index (χ4v) is 4.10. The Morgan fingerprint density at radius 2 is 1.96 bits per heavy atom. The first-order valence-corrected chi connectivity index (χ1v) is 10.5. The Labute approximate surface area is 161 Å². The molecule has 1 heterocycles. The fraction of sp³-hybridized carbons (Fsp3) is 0.421. The Kier molecular flexibility index (Phi) is 6.58. The van der Waals surface area contributed by atoms with Crippen molar-refractivity contribution in [3.8, 4) is 11.1 Å². The Bertz CT molecular complexity index is 970. The summed E-state index contributed by atoms with van der Waals surface area (Å²) in [4.78, 5) is 14.4. The number of sulfone groups is 1. The minimum absolute atomic E-state index is 0.0160. The number of hydrogen-bond acceptors (Lipinski definition) is 5. The number of ether oxygens (including phenoxy) is 2. The molecule has 1 aromatic heterocycles. The van der Waals surface area contributed by atoms with E-state index in [-0.39, 0.29) is 22.8 Å². The van der Waals surface area contributed by atoms with Crippen LogP contribution in [0.2, 0.25) is 0 Å². The number of aromatic amines is 1. The molecule has 2 aromatic rings. The van der Waals surface area contributed by atoms with Gasteiger partial charge in [-0.25, -0.2) is 8.42 Å². The second-order valence-corrected chi connectivity index (χ2v) is 8.73. The highest BCUT2D eigenvalue weighted by molar-refractivity contribution is 7.91. The molecule has 1 aliphatic carbocycles. The average molecular weight is 413 g/mol. The molecule has 6 nitrogen and oxygen atoms in total. The van der Waals surface area contributed by atoms with Gasteiger partial charge in [-0.1, -0.05) is 18.2 Å². The first-order chi connectivity index (χ1) is 13.4. The minimum Gasteiger partial charge on any atom is -0.380 e. The van der Waals surface area contributed by atoms with Crippen molar-refractivity contribution in [3.05, 3.63) is 52.4 Å². The number of pyridine rings is 1. The predicted molar refractivity (Wildman–Crippen MR) is 98.9 cm³/mol. The van der Waals surface area contributed by atoms with E-state index >= 15 is 0 Å². The summed E-state index contributed by atoms with van der Waals surface area (Å²) in [6, 6.07) is 7.71. The van der Waals surface area contributed by atoms with Crippen molar-refractivity contribution in [1.29, 1.82) is 0 Å². The van der Waals surface area contributed by atoms with Crippen LogP contribution in [-0.4, -0.2) is 39.0 Å². The quantitative estimate of drug-likeness (QED) is 0.606. The molecule has 0 saturated heterocycles. The lowest BCUT2D eigenvalue weighted by Crippen LogP contribution is -2.16. The molecule has 152 valence electrons. The van der Waals surface area contributed by atoms with E-state index in [2.05, 4.69) is 9.72 Å². The summed E-state index contributed by atoms with van der Waals surface area (Å²) in [6.45, 7) is -2.91. The van der Waals surface area contributed by atoms with E-state index < -0.39 is 28.6 Å². The molecule has 0 atom stereocenters. The molecule has 0 radical (unpaired) electrons. The third-order valence-electron chi connectivity index (χ3n) is 4.42. The molecule has 1 aliphatic rings. The summed E-state index contributed by atoms with van der Waals surface area (Å²) in [6.07, 6.45) is 3.60. The van der Waals surface area contributed by atoms with Gasteiger partial charge in [-0.3, -0.25) is 4.79 Å². The van der Waals surface area contributed by atoms with Crippen LogP contribution in [0.3, 0.4) is 0 Å². The van der Waals surface area contributed by atoms with E-state index in [1.54, 1.807) is 18.2 Å². The van der Waals surface area contributed by atoms with Gasteiger partial charge < -0.3 is 14.5 Å². The minimum atomic E-state index is -3.63. The lowest BCUT2D eigenvalue weighted by molar-refractivity contribution is -0.137. The van der Waals surface area contributed by atoms with Gasteiger partial charge in [0.15, 0.2) is 9.84 Å². The monoisotopic (exact) mass is 413 g/mol. The number of alkyl halides is 2. The van der Waals surface area contributed by atoms with E-state index in [4.69, 9.17) is 4.74 Å². The van der Waals surface area contributed by atoms with Gasteiger partial charge in [0.05, 0.1) is 23.9 Å². The van der Waals surface area contributed by atoms with Gasteiger partial charge in [-0.15, -0.1) is 0 Å². The highest BCUT2D eigenvalue weighted by Gasteiger charge is 2.23. The average Bonchev–Trinajstić information content (AvgIpc) is 3.49. The molecule has 1 fully saturated rings. The lowest BCUT2D eigenvalue weighted by atomic mass is 10.1. The van der Waals surface area contributed by atoms with E-state index in [9.17, 15) is 22.0 Å². The zero-order chi connectivity index (χ0) is 20.1. The van der Waals surface area contributed by atoms with Gasteiger partial charge in [-0.05, 0) is 36.5 Å². The smallest absolute Gasteiger partial charge is 0.345 e. The van der Waals surface area contributed by atoms with Gasteiger partial charge in [-0.2, -0.15) is 8.78 Å².